The Morgan fingerprint density at radius 3 is 2.24 bits per heavy atom. The van der Waals surface area contributed by atoms with Gasteiger partial charge in [-0.2, -0.15) is 5.10 Å². The molecule has 0 fully saturated rings. The Morgan fingerprint density at radius 1 is 1.05 bits per heavy atom. The van der Waals surface area contributed by atoms with E-state index in [4.69, 9.17) is 11.6 Å². The number of nitrogens with one attached hydrogen (secondary N) is 1. The summed E-state index contributed by atoms with van der Waals surface area (Å²) in [6, 6.07) is 12.7. The normalized spacial score (nSPS) is 11.7. The van der Waals surface area contributed by atoms with Crippen LogP contribution in [0.1, 0.15) is 46.6 Å². The summed E-state index contributed by atoms with van der Waals surface area (Å²) in [7, 11) is 0. The molecule has 5 rings (SSSR count). The lowest BCUT2D eigenvalue weighted by atomic mass is 9.80. The van der Waals surface area contributed by atoms with Gasteiger partial charge in [0.1, 0.15) is 23.7 Å². The van der Waals surface area contributed by atoms with Crippen LogP contribution in [-0.2, 0) is 18.6 Å². The number of benzene rings is 2. The molecule has 3 aromatic heterocycles. The van der Waals surface area contributed by atoms with Crippen molar-refractivity contribution >= 4 is 29.0 Å². The summed E-state index contributed by atoms with van der Waals surface area (Å²) in [6.07, 6.45) is 3.23. The third-order valence-electron chi connectivity index (χ3n) is 6.38. The molecule has 0 saturated carbocycles. The van der Waals surface area contributed by atoms with Crippen molar-refractivity contribution < 1.29 is 18.7 Å². The van der Waals surface area contributed by atoms with Crippen molar-refractivity contribution in [2.75, 3.05) is 5.32 Å². The number of rotatable bonds is 7. The Morgan fingerprint density at radius 2 is 1.68 bits per heavy atom. The Labute approximate surface area is 221 Å². The number of hydrogen-bond donors (Lipinski definition) is 2. The van der Waals surface area contributed by atoms with Gasteiger partial charge in [-0.05, 0) is 31.5 Å². The van der Waals surface area contributed by atoms with E-state index in [1.807, 2.05) is 13.8 Å². The molecule has 3 heterocycles. The molecule has 0 saturated heterocycles. The van der Waals surface area contributed by atoms with E-state index in [0.717, 1.165) is 0 Å². The molecule has 194 valence electrons. The van der Waals surface area contributed by atoms with Crippen LogP contribution in [0, 0.1) is 11.6 Å². The highest BCUT2D eigenvalue weighted by Crippen LogP contribution is 2.41. The first-order valence-corrected chi connectivity index (χ1v) is 12.3. The first kappa shape index (κ1) is 25.5. The quantitative estimate of drug-likeness (QED) is 0.306. The molecule has 0 atom stereocenters. The Balaban J connectivity index is 1.70. The van der Waals surface area contributed by atoms with Crippen LogP contribution >= 0.6 is 11.6 Å². The number of carbonyl (C=O) groups is 1. The first-order valence-electron chi connectivity index (χ1n) is 11.9. The minimum absolute atomic E-state index is 0.0205. The average molecular weight is 537 g/mol. The van der Waals surface area contributed by atoms with Gasteiger partial charge in [-0.3, -0.25) is 14.8 Å². The maximum Gasteiger partial charge on any atom is 0.259 e. The highest BCUT2D eigenvalue weighted by Gasteiger charge is 2.42. The summed E-state index contributed by atoms with van der Waals surface area (Å²) in [5, 5.41) is 23.6. The van der Waals surface area contributed by atoms with Crippen LogP contribution in [0.25, 0.3) is 5.52 Å². The summed E-state index contributed by atoms with van der Waals surface area (Å²) >= 11 is 6.45. The van der Waals surface area contributed by atoms with Gasteiger partial charge in [0.25, 0.3) is 5.91 Å². The van der Waals surface area contributed by atoms with Crippen molar-refractivity contribution in [1.29, 1.82) is 0 Å². The fourth-order valence-corrected chi connectivity index (χ4v) is 4.74. The predicted octanol–water partition coefficient (Wildman–Crippen LogP) is 4.98. The lowest BCUT2D eigenvalue weighted by Crippen LogP contribution is -2.33. The first-order chi connectivity index (χ1) is 18.3. The molecule has 1 amide bonds. The van der Waals surface area contributed by atoms with Gasteiger partial charge in [0, 0.05) is 29.4 Å². The number of halogens is 3. The van der Waals surface area contributed by atoms with Gasteiger partial charge < -0.3 is 5.11 Å². The van der Waals surface area contributed by atoms with E-state index in [2.05, 4.69) is 20.5 Å². The minimum Gasteiger partial charge on any atom is -0.374 e. The molecular formula is C27H23ClF2N6O2. The third kappa shape index (κ3) is 4.21. The Bertz CT molecular complexity index is 1620. The molecule has 5 aromatic rings. The SMILES string of the molecule is CCc1c(C(O)(c2ccccc2F)c2ccccc2F)nn2cc(Cl)c(C(=O)Nc3ncn(CC)n3)cc12. The fourth-order valence-electron chi connectivity index (χ4n) is 4.51. The lowest BCUT2D eigenvalue weighted by Gasteiger charge is -2.29. The lowest BCUT2D eigenvalue weighted by molar-refractivity contribution is 0.102. The molecule has 0 spiro atoms. The van der Waals surface area contributed by atoms with Gasteiger partial charge in [-0.1, -0.05) is 54.9 Å². The number of aryl methyl sites for hydroxylation is 2. The zero-order valence-electron chi connectivity index (χ0n) is 20.5. The van der Waals surface area contributed by atoms with Crippen LogP contribution in [0.3, 0.4) is 0 Å². The van der Waals surface area contributed by atoms with Crippen molar-refractivity contribution in [2.45, 2.75) is 32.4 Å². The van der Waals surface area contributed by atoms with Gasteiger partial charge in [0.2, 0.25) is 5.95 Å². The molecule has 11 heteroatoms. The van der Waals surface area contributed by atoms with E-state index >= 15 is 8.78 Å². The van der Waals surface area contributed by atoms with E-state index in [9.17, 15) is 9.90 Å². The molecule has 0 aliphatic heterocycles. The number of pyridine rings is 1. The Kier molecular flexibility index (Phi) is 6.68. The van der Waals surface area contributed by atoms with Gasteiger partial charge in [0.05, 0.1) is 16.1 Å². The summed E-state index contributed by atoms with van der Waals surface area (Å²) in [6.45, 7) is 4.29. The van der Waals surface area contributed by atoms with Crippen LogP contribution in [-0.4, -0.2) is 35.4 Å². The van der Waals surface area contributed by atoms with Gasteiger partial charge in [0.15, 0.2) is 5.60 Å². The van der Waals surface area contributed by atoms with Gasteiger partial charge >= 0.3 is 0 Å². The molecule has 2 aromatic carbocycles. The number of anilines is 1. The summed E-state index contributed by atoms with van der Waals surface area (Å²) in [4.78, 5) is 17.1. The summed E-state index contributed by atoms with van der Waals surface area (Å²) in [5.74, 6) is -1.88. The molecule has 38 heavy (non-hydrogen) atoms. The monoisotopic (exact) mass is 536 g/mol. The van der Waals surface area contributed by atoms with E-state index < -0.39 is 23.1 Å². The van der Waals surface area contributed by atoms with Gasteiger partial charge in [-0.25, -0.2) is 18.3 Å². The van der Waals surface area contributed by atoms with Crippen LogP contribution in [0.2, 0.25) is 5.02 Å². The largest absolute Gasteiger partial charge is 0.374 e. The molecule has 0 unspecified atom stereocenters. The zero-order chi connectivity index (χ0) is 27.0. The van der Waals surface area contributed by atoms with Crippen LogP contribution in [0.15, 0.2) is 67.1 Å². The topological polar surface area (TPSA) is 97.3 Å². The predicted molar refractivity (Wildman–Crippen MR) is 138 cm³/mol. The zero-order valence-corrected chi connectivity index (χ0v) is 21.2. The highest BCUT2D eigenvalue weighted by atomic mass is 35.5. The number of fused-ring (bicyclic) bond motifs is 1. The van der Waals surface area contributed by atoms with E-state index in [1.165, 1.54) is 59.5 Å². The number of carbonyl (C=O) groups excluding carboxylic acids is 1. The van der Waals surface area contributed by atoms with Crippen molar-refractivity contribution in [2.24, 2.45) is 0 Å². The molecule has 2 N–H and O–H groups in total. The van der Waals surface area contributed by atoms with Crippen LogP contribution < -0.4 is 5.32 Å². The molecule has 0 bridgehead atoms. The van der Waals surface area contributed by atoms with Crippen molar-refractivity contribution in [3.05, 3.63) is 112 Å². The standard InChI is InChI=1S/C27H23ClF2N6O2/c1-3-16-23-13-17(25(37)32-26-31-15-35(4-2)34-26)20(28)14-36(23)33-24(16)27(38,18-9-5-7-11-21(18)29)19-10-6-8-12-22(19)30/h5-15,38H,3-4H2,1-2H3,(H,32,34,37). The second kappa shape index (κ2) is 9.96. The smallest absolute Gasteiger partial charge is 0.259 e. The second-order valence-corrected chi connectivity index (χ2v) is 9.00. The van der Waals surface area contributed by atoms with E-state index in [1.54, 1.807) is 16.8 Å². The molecule has 0 aliphatic carbocycles. The van der Waals surface area contributed by atoms with Crippen molar-refractivity contribution in [3.8, 4) is 0 Å². The Hall–Kier alpha value is -4.15. The third-order valence-corrected chi connectivity index (χ3v) is 6.68. The summed E-state index contributed by atoms with van der Waals surface area (Å²) < 4.78 is 33.2. The minimum atomic E-state index is -2.28. The molecule has 8 nitrogen and oxygen atoms in total. The van der Waals surface area contributed by atoms with E-state index in [0.29, 0.717) is 24.0 Å². The number of aliphatic hydroxyl groups is 1. The van der Waals surface area contributed by atoms with Crippen LogP contribution in [0.5, 0.6) is 0 Å². The summed E-state index contributed by atoms with van der Waals surface area (Å²) in [5.41, 5.74) is -1.54. The van der Waals surface area contributed by atoms with Gasteiger partial charge in [-0.15, -0.1) is 5.10 Å². The highest BCUT2D eigenvalue weighted by molar-refractivity contribution is 6.34. The number of nitrogens with zero attached hydrogens (tertiary/aromatic N) is 5. The van der Waals surface area contributed by atoms with E-state index in [-0.39, 0.29) is 33.4 Å². The van der Waals surface area contributed by atoms with Crippen molar-refractivity contribution in [1.82, 2.24) is 24.4 Å². The number of amides is 1. The van der Waals surface area contributed by atoms with Crippen LogP contribution in [0.4, 0.5) is 14.7 Å². The average Bonchev–Trinajstić information content (AvgIpc) is 3.52. The van der Waals surface area contributed by atoms with Crippen molar-refractivity contribution in [3.63, 3.8) is 0 Å². The molecule has 0 aliphatic rings. The molecule has 0 radical (unpaired) electrons. The fraction of sp³-hybridized carbons (Fsp3) is 0.185. The number of hydrogen-bond acceptors (Lipinski definition) is 5. The molecular weight excluding hydrogens is 514 g/mol. The maximum atomic E-state index is 15.1. The second-order valence-electron chi connectivity index (χ2n) is 8.59. The maximum absolute atomic E-state index is 15.1. The number of aromatic nitrogens is 5.